The van der Waals surface area contributed by atoms with Crippen molar-refractivity contribution in [2.45, 2.75) is 44.8 Å². The van der Waals surface area contributed by atoms with Crippen LogP contribution in [0, 0.1) is 0 Å². The van der Waals surface area contributed by atoms with Gasteiger partial charge in [-0.25, -0.2) is 23.1 Å². The van der Waals surface area contributed by atoms with E-state index < -0.39 is 45.7 Å². The minimum atomic E-state index is -4.33. The lowest BCUT2D eigenvalue weighted by molar-refractivity contribution is -0.174. The first-order chi connectivity index (χ1) is 16.5. The van der Waals surface area contributed by atoms with Crippen molar-refractivity contribution < 1.29 is 41.7 Å². The molecule has 0 spiro atoms. The number of carbonyl (C=O) groups is 3. The van der Waals surface area contributed by atoms with E-state index in [1.54, 1.807) is 30.3 Å². The van der Waals surface area contributed by atoms with E-state index in [9.17, 15) is 22.8 Å². The minimum Gasteiger partial charge on any atom is -0.454 e. The first kappa shape index (κ1) is 27.6. The summed E-state index contributed by atoms with van der Waals surface area (Å²) in [5.41, 5.74) is 0.0385. The normalized spacial score (nSPS) is 11.8. The minimum absolute atomic E-state index is 0.0767. The van der Waals surface area contributed by atoms with Gasteiger partial charge in [-0.1, -0.05) is 31.5 Å². The second kappa shape index (κ2) is 12.7. The van der Waals surface area contributed by atoms with Crippen LogP contribution in [0.15, 0.2) is 47.4 Å². The third-order valence-electron chi connectivity index (χ3n) is 4.37. The van der Waals surface area contributed by atoms with E-state index in [1.165, 1.54) is 13.0 Å². The number of hydrogen-bond donors (Lipinski definition) is 2. The summed E-state index contributed by atoms with van der Waals surface area (Å²) in [7, 11) is -4.33. The molecule has 0 heterocycles. The number of rotatable bonds is 12. The fourth-order valence-electron chi connectivity index (χ4n) is 2.80. The van der Waals surface area contributed by atoms with E-state index in [2.05, 4.69) is 10.1 Å². The molecule has 0 fully saturated rings. The fraction of sp³-hybridized carbons (Fsp3) is 0.348. The monoisotopic (exact) mass is 508 g/mol. The van der Waals surface area contributed by atoms with Gasteiger partial charge < -0.3 is 24.3 Å². The van der Waals surface area contributed by atoms with Gasteiger partial charge in [0.05, 0.1) is 11.3 Å². The van der Waals surface area contributed by atoms with Crippen molar-refractivity contribution >= 4 is 33.6 Å². The molecule has 0 amide bonds. The van der Waals surface area contributed by atoms with Crippen LogP contribution in [-0.2, 0) is 33.8 Å². The first-order valence-electron chi connectivity index (χ1n) is 10.7. The summed E-state index contributed by atoms with van der Waals surface area (Å²) in [5.74, 6) is -2.30. The number of sulfonamides is 1. The lowest BCUT2D eigenvalue weighted by atomic mass is 10.1. The Hall–Kier alpha value is -3.64. The largest absolute Gasteiger partial charge is 0.454 e. The molecule has 0 bridgehead atoms. The van der Waals surface area contributed by atoms with Crippen LogP contribution < -0.4 is 15.2 Å². The molecule has 11 nitrogen and oxygen atoms in total. The maximum Gasteiger partial charge on any atom is 0.347 e. The van der Waals surface area contributed by atoms with Gasteiger partial charge in [-0.3, -0.25) is 4.79 Å². The second-order valence-corrected chi connectivity index (χ2v) is 8.86. The van der Waals surface area contributed by atoms with Crippen LogP contribution >= 0.6 is 0 Å². The van der Waals surface area contributed by atoms with Gasteiger partial charge in [0.2, 0.25) is 16.3 Å². The molecule has 12 heteroatoms. The summed E-state index contributed by atoms with van der Waals surface area (Å²) < 4.78 is 45.1. The Bertz CT molecular complexity index is 1150. The number of benzene rings is 2. The van der Waals surface area contributed by atoms with Crippen LogP contribution in [0.1, 0.15) is 44.0 Å². The summed E-state index contributed by atoms with van der Waals surface area (Å²) in [6, 6.07) is 10.9. The maximum absolute atomic E-state index is 12.7. The molecule has 0 aromatic heterocycles. The SMILES string of the molecule is CCCCNc1cc(C(=O)OC(C)OC(=O)COC(C)=O)cc(S(N)(=O)=O)c1Oc1ccccc1. The molecule has 2 rings (SSSR count). The molecular formula is C23H28N2O9S. The first-order valence-corrected chi connectivity index (χ1v) is 12.3. The molecule has 0 aliphatic heterocycles. The highest BCUT2D eigenvalue weighted by atomic mass is 32.2. The van der Waals surface area contributed by atoms with Gasteiger partial charge in [-0.15, -0.1) is 0 Å². The topological polar surface area (TPSA) is 160 Å². The molecule has 35 heavy (non-hydrogen) atoms. The van der Waals surface area contributed by atoms with Gasteiger partial charge in [0, 0.05) is 20.4 Å². The van der Waals surface area contributed by atoms with Crippen molar-refractivity contribution in [1.29, 1.82) is 0 Å². The fourth-order valence-corrected chi connectivity index (χ4v) is 3.50. The lowest BCUT2D eigenvalue weighted by Crippen LogP contribution is -2.25. The van der Waals surface area contributed by atoms with E-state index in [0.29, 0.717) is 12.3 Å². The zero-order valence-electron chi connectivity index (χ0n) is 19.6. The van der Waals surface area contributed by atoms with Crippen LogP contribution in [0.25, 0.3) is 0 Å². The standard InChI is InChI=1S/C23H28N2O9S/c1-4-5-11-25-19-12-17(23(28)33-16(3)32-21(27)14-31-15(2)26)13-20(35(24,29)30)22(19)34-18-9-7-6-8-10-18/h6-10,12-13,16,25H,4-5,11,14H2,1-3H3,(H2,24,29,30). The number of anilines is 1. The molecule has 1 atom stereocenters. The van der Waals surface area contributed by atoms with Gasteiger partial charge in [0.1, 0.15) is 10.6 Å². The molecule has 0 saturated carbocycles. The van der Waals surface area contributed by atoms with Gasteiger partial charge in [-0.05, 0) is 30.7 Å². The summed E-state index contributed by atoms with van der Waals surface area (Å²) >= 11 is 0. The molecule has 2 aromatic rings. The van der Waals surface area contributed by atoms with E-state index >= 15 is 0 Å². The van der Waals surface area contributed by atoms with Crippen LogP contribution in [0.3, 0.4) is 0 Å². The van der Waals surface area contributed by atoms with Crippen molar-refractivity contribution in [2.24, 2.45) is 5.14 Å². The Morgan fingerprint density at radius 1 is 1.09 bits per heavy atom. The van der Waals surface area contributed by atoms with Gasteiger partial charge >= 0.3 is 17.9 Å². The quantitative estimate of drug-likeness (QED) is 0.248. The molecule has 0 radical (unpaired) electrons. The summed E-state index contributed by atoms with van der Waals surface area (Å²) in [5, 5.41) is 8.50. The predicted octanol–water partition coefficient (Wildman–Crippen LogP) is 2.95. The highest BCUT2D eigenvalue weighted by Crippen LogP contribution is 2.37. The second-order valence-electron chi connectivity index (χ2n) is 7.33. The average molecular weight is 509 g/mol. The van der Waals surface area contributed by atoms with Crippen molar-refractivity contribution in [2.75, 3.05) is 18.5 Å². The zero-order chi connectivity index (χ0) is 26.0. The number of carbonyl (C=O) groups excluding carboxylic acids is 3. The van der Waals surface area contributed by atoms with Crippen molar-refractivity contribution in [3.63, 3.8) is 0 Å². The Morgan fingerprint density at radius 2 is 1.77 bits per heavy atom. The van der Waals surface area contributed by atoms with Gasteiger partial charge in [-0.2, -0.15) is 0 Å². The highest BCUT2D eigenvalue weighted by Gasteiger charge is 2.25. The molecular weight excluding hydrogens is 480 g/mol. The van der Waals surface area contributed by atoms with Gasteiger partial charge in [0.25, 0.3) is 0 Å². The third-order valence-corrected chi connectivity index (χ3v) is 5.29. The lowest BCUT2D eigenvalue weighted by Gasteiger charge is -2.19. The molecule has 0 aliphatic carbocycles. The van der Waals surface area contributed by atoms with Gasteiger partial charge in [0.15, 0.2) is 12.4 Å². The van der Waals surface area contributed by atoms with Crippen LogP contribution in [-0.4, -0.2) is 45.8 Å². The summed E-state index contributed by atoms with van der Waals surface area (Å²) in [6.45, 7) is 4.20. The molecule has 0 saturated heterocycles. The van der Waals surface area contributed by atoms with Crippen LogP contribution in [0.4, 0.5) is 5.69 Å². The van der Waals surface area contributed by atoms with Crippen molar-refractivity contribution in [1.82, 2.24) is 0 Å². The Balaban J connectivity index is 2.37. The average Bonchev–Trinajstić information content (AvgIpc) is 2.78. The Kier molecular flexibility index (Phi) is 10.0. The van der Waals surface area contributed by atoms with Crippen molar-refractivity contribution in [3.8, 4) is 11.5 Å². The third kappa shape index (κ3) is 8.91. The summed E-state index contributed by atoms with van der Waals surface area (Å²) in [6.07, 6.45) is 0.279. The number of unbranched alkanes of at least 4 members (excludes halogenated alkanes) is 1. The smallest absolute Gasteiger partial charge is 0.347 e. The number of esters is 3. The highest BCUT2D eigenvalue weighted by molar-refractivity contribution is 7.89. The molecule has 190 valence electrons. The number of ether oxygens (including phenoxy) is 4. The van der Waals surface area contributed by atoms with E-state index in [0.717, 1.165) is 25.8 Å². The number of nitrogens with one attached hydrogen (secondary N) is 1. The number of hydrogen-bond acceptors (Lipinski definition) is 10. The maximum atomic E-state index is 12.7. The van der Waals surface area contributed by atoms with E-state index in [-0.39, 0.29) is 17.0 Å². The summed E-state index contributed by atoms with van der Waals surface area (Å²) in [4.78, 5) is 34.8. The Labute approximate surface area is 203 Å². The number of primary sulfonamides is 1. The van der Waals surface area contributed by atoms with Crippen molar-refractivity contribution in [3.05, 3.63) is 48.0 Å². The van der Waals surface area contributed by atoms with Crippen LogP contribution in [0.2, 0.25) is 0 Å². The molecule has 0 aliphatic rings. The molecule has 1 unspecified atom stereocenters. The van der Waals surface area contributed by atoms with E-state index in [1.807, 2.05) is 6.92 Å². The zero-order valence-corrected chi connectivity index (χ0v) is 20.4. The molecule has 2 aromatic carbocycles. The molecule has 3 N–H and O–H groups in total. The van der Waals surface area contributed by atoms with E-state index in [4.69, 9.17) is 19.3 Å². The van der Waals surface area contributed by atoms with Crippen LogP contribution in [0.5, 0.6) is 11.5 Å². The predicted molar refractivity (Wildman–Crippen MR) is 125 cm³/mol. The number of para-hydroxylation sites is 1. The Morgan fingerprint density at radius 3 is 2.37 bits per heavy atom. The number of nitrogens with two attached hydrogens (primary N) is 1.